The van der Waals surface area contributed by atoms with Crippen LogP contribution in [-0.4, -0.2) is 0 Å². The van der Waals surface area contributed by atoms with Gasteiger partial charge in [0.25, 0.3) is 0 Å². The van der Waals surface area contributed by atoms with Crippen LogP contribution in [0.1, 0.15) is 28.8 Å². The second kappa shape index (κ2) is 5.87. The second-order valence-corrected chi connectivity index (χ2v) is 5.98. The van der Waals surface area contributed by atoms with Gasteiger partial charge in [0.1, 0.15) is 11.5 Å². The molecule has 1 unspecified atom stereocenters. The molecule has 2 aromatic rings. The van der Waals surface area contributed by atoms with E-state index in [4.69, 9.17) is 4.42 Å². The van der Waals surface area contributed by atoms with E-state index in [1.54, 1.807) is 0 Å². The highest BCUT2D eigenvalue weighted by Gasteiger charge is 2.12. The van der Waals surface area contributed by atoms with Crippen LogP contribution in [-0.2, 0) is 12.8 Å². The van der Waals surface area contributed by atoms with Gasteiger partial charge in [0.15, 0.2) is 0 Å². The molecule has 17 heavy (non-hydrogen) atoms. The number of aryl methyl sites for hydroxylation is 1. The van der Waals surface area contributed by atoms with Gasteiger partial charge in [-0.25, -0.2) is 0 Å². The van der Waals surface area contributed by atoms with Gasteiger partial charge >= 0.3 is 0 Å². The first-order valence-corrected chi connectivity index (χ1v) is 7.37. The van der Waals surface area contributed by atoms with E-state index in [0.29, 0.717) is 0 Å². The smallest absolute Gasteiger partial charge is 0.118 e. The van der Waals surface area contributed by atoms with Crippen LogP contribution in [0.25, 0.3) is 0 Å². The Labute approximate surface area is 118 Å². The maximum atomic E-state index is 5.74. The number of hydrogen-bond donors (Lipinski definition) is 0. The average Bonchev–Trinajstić information content (AvgIpc) is 2.77. The molecule has 1 atom stereocenters. The van der Waals surface area contributed by atoms with Gasteiger partial charge in [-0.3, -0.25) is 0 Å². The minimum Gasteiger partial charge on any atom is -0.465 e. The van der Waals surface area contributed by atoms with E-state index >= 15 is 0 Å². The van der Waals surface area contributed by atoms with Crippen molar-refractivity contribution in [2.45, 2.75) is 24.6 Å². The molecular weight excluding hydrogens is 344 g/mol. The van der Waals surface area contributed by atoms with Gasteiger partial charge in [0.2, 0.25) is 0 Å². The van der Waals surface area contributed by atoms with Gasteiger partial charge in [-0.1, -0.05) is 50.9 Å². The molecular formula is C14H14Br2O. The number of halogens is 2. The van der Waals surface area contributed by atoms with E-state index in [1.807, 2.05) is 12.1 Å². The molecule has 0 fully saturated rings. The molecule has 1 aromatic carbocycles. The fourth-order valence-corrected chi connectivity index (χ4v) is 2.79. The summed E-state index contributed by atoms with van der Waals surface area (Å²) in [4.78, 5) is 0.233. The summed E-state index contributed by atoms with van der Waals surface area (Å²) in [5, 5.41) is 0. The zero-order chi connectivity index (χ0) is 12.3. The predicted molar refractivity (Wildman–Crippen MR) is 77.6 cm³/mol. The molecule has 1 nitrogen and oxygen atoms in total. The predicted octanol–water partition coefficient (Wildman–Crippen LogP) is 5.28. The van der Waals surface area contributed by atoms with Crippen molar-refractivity contribution in [2.24, 2.45) is 0 Å². The molecule has 1 aromatic heterocycles. The molecule has 1 heterocycles. The molecule has 90 valence electrons. The first kappa shape index (κ1) is 12.9. The molecule has 0 saturated heterocycles. The Kier molecular flexibility index (Phi) is 4.46. The lowest BCUT2D eigenvalue weighted by molar-refractivity contribution is 0.467. The Morgan fingerprint density at radius 2 is 2.06 bits per heavy atom. The van der Waals surface area contributed by atoms with Crippen molar-refractivity contribution in [3.63, 3.8) is 0 Å². The van der Waals surface area contributed by atoms with Crippen molar-refractivity contribution in [3.8, 4) is 0 Å². The van der Waals surface area contributed by atoms with Gasteiger partial charge in [0.05, 0.1) is 4.83 Å². The van der Waals surface area contributed by atoms with Crippen molar-refractivity contribution in [3.05, 3.63) is 58.0 Å². The minimum absolute atomic E-state index is 0.233. The van der Waals surface area contributed by atoms with Crippen LogP contribution in [0.4, 0.5) is 0 Å². The largest absolute Gasteiger partial charge is 0.465 e. The maximum absolute atomic E-state index is 5.74. The molecule has 0 N–H and O–H groups in total. The number of hydrogen-bond acceptors (Lipinski definition) is 1. The molecule has 0 aliphatic carbocycles. The highest BCUT2D eigenvalue weighted by atomic mass is 79.9. The highest BCUT2D eigenvalue weighted by Crippen LogP contribution is 2.29. The van der Waals surface area contributed by atoms with E-state index in [9.17, 15) is 0 Å². The maximum Gasteiger partial charge on any atom is 0.118 e. The first-order chi connectivity index (χ1) is 8.19. The van der Waals surface area contributed by atoms with Gasteiger partial charge in [-0.2, -0.15) is 0 Å². The quantitative estimate of drug-likeness (QED) is 0.678. The van der Waals surface area contributed by atoms with Crippen LogP contribution in [0.2, 0.25) is 0 Å². The van der Waals surface area contributed by atoms with E-state index in [1.165, 1.54) is 5.56 Å². The van der Waals surface area contributed by atoms with Crippen molar-refractivity contribution in [2.75, 3.05) is 0 Å². The molecule has 0 bridgehead atoms. The van der Waals surface area contributed by atoms with Crippen molar-refractivity contribution >= 4 is 31.9 Å². The summed E-state index contributed by atoms with van der Waals surface area (Å²) in [6.07, 6.45) is 1.87. The zero-order valence-corrected chi connectivity index (χ0v) is 12.8. The van der Waals surface area contributed by atoms with E-state index < -0.39 is 0 Å². The van der Waals surface area contributed by atoms with Crippen LogP contribution in [0, 0.1) is 0 Å². The molecule has 0 spiro atoms. The molecule has 0 amide bonds. The van der Waals surface area contributed by atoms with Crippen LogP contribution >= 0.6 is 31.9 Å². The first-order valence-electron chi connectivity index (χ1n) is 5.66. The third-order valence-electron chi connectivity index (χ3n) is 2.64. The number of benzene rings is 1. The van der Waals surface area contributed by atoms with Crippen molar-refractivity contribution in [1.29, 1.82) is 0 Å². The Balaban J connectivity index is 2.08. The van der Waals surface area contributed by atoms with Gasteiger partial charge in [-0.15, -0.1) is 0 Å². The Morgan fingerprint density at radius 3 is 2.71 bits per heavy atom. The van der Waals surface area contributed by atoms with E-state index in [0.717, 1.165) is 28.8 Å². The summed E-state index contributed by atoms with van der Waals surface area (Å²) in [6.45, 7) is 2.10. The molecule has 0 saturated carbocycles. The topological polar surface area (TPSA) is 13.1 Å². The molecule has 0 aliphatic rings. The lowest BCUT2D eigenvalue weighted by Gasteiger charge is -2.07. The second-order valence-electron chi connectivity index (χ2n) is 3.96. The van der Waals surface area contributed by atoms with Crippen LogP contribution in [0.15, 0.2) is 45.3 Å². The minimum atomic E-state index is 0.233. The lowest BCUT2D eigenvalue weighted by Crippen LogP contribution is -1.93. The molecule has 0 radical (unpaired) electrons. The van der Waals surface area contributed by atoms with Crippen molar-refractivity contribution < 1.29 is 4.42 Å². The van der Waals surface area contributed by atoms with Crippen LogP contribution in [0.3, 0.4) is 0 Å². The van der Waals surface area contributed by atoms with Crippen molar-refractivity contribution in [1.82, 2.24) is 0 Å². The molecule has 2 rings (SSSR count). The Hall–Kier alpha value is -0.540. The molecule has 0 aliphatic heterocycles. The summed E-state index contributed by atoms with van der Waals surface area (Å²) in [7, 11) is 0. The SMILES string of the molecule is CCc1ccc(C(Br)Cc2cccc(Br)c2)o1. The number of rotatable bonds is 4. The summed E-state index contributed by atoms with van der Waals surface area (Å²) in [5.41, 5.74) is 1.29. The number of furan rings is 1. The summed E-state index contributed by atoms with van der Waals surface area (Å²) >= 11 is 7.17. The third-order valence-corrected chi connectivity index (χ3v) is 3.91. The van der Waals surface area contributed by atoms with E-state index in [-0.39, 0.29) is 4.83 Å². The highest BCUT2D eigenvalue weighted by molar-refractivity contribution is 9.10. The average molecular weight is 358 g/mol. The molecule has 3 heteroatoms. The fraction of sp³-hybridized carbons (Fsp3) is 0.286. The normalized spacial score (nSPS) is 12.6. The van der Waals surface area contributed by atoms with Crippen LogP contribution in [0.5, 0.6) is 0 Å². The zero-order valence-electron chi connectivity index (χ0n) is 9.62. The monoisotopic (exact) mass is 356 g/mol. The van der Waals surface area contributed by atoms with Gasteiger partial charge in [-0.05, 0) is 36.2 Å². The van der Waals surface area contributed by atoms with Crippen LogP contribution < -0.4 is 0 Å². The summed E-state index contributed by atoms with van der Waals surface area (Å²) < 4.78 is 6.85. The lowest BCUT2D eigenvalue weighted by atomic mass is 10.1. The Morgan fingerprint density at radius 1 is 1.24 bits per heavy atom. The third kappa shape index (κ3) is 3.46. The summed E-state index contributed by atoms with van der Waals surface area (Å²) in [5.74, 6) is 2.04. The fourth-order valence-electron chi connectivity index (χ4n) is 1.72. The van der Waals surface area contributed by atoms with Gasteiger partial charge < -0.3 is 4.42 Å². The number of alkyl halides is 1. The standard InChI is InChI=1S/C14H14Br2O/c1-2-12-6-7-14(17-12)13(16)9-10-4-3-5-11(15)8-10/h3-8,13H,2,9H2,1H3. The summed E-state index contributed by atoms with van der Waals surface area (Å²) in [6, 6.07) is 12.5. The Bertz CT molecular complexity index is 490. The van der Waals surface area contributed by atoms with E-state index in [2.05, 4.69) is 63.0 Å². The van der Waals surface area contributed by atoms with Gasteiger partial charge in [0, 0.05) is 10.9 Å².